The monoisotopic (exact) mass is 355 g/mol. The largest absolute Gasteiger partial charge is 0.341 e. The van der Waals surface area contributed by atoms with Crippen molar-refractivity contribution < 1.29 is 4.79 Å². The lowest BCUT2D eigenvalue weighted by atomic mass is 9.92. The number of aromatic nitrogens is 2. The van der Waals surface area contributed by atoms with E-state index in [0.717, 1.165) is 38.5 Å². The number of hydrogen-bond donors (Lipinski definition) is 1. The molecule has 1 N–H and O–H groups in total. The Morgan fingerprint density at radius 2 is 2.04 bits per heavy atom. The summed E-state index contributed by atoms with van der Waals surface area (Å²) in [6.07, 6.45) is 5.03. The van der Waals surface area contributed by atoms with Crippen LogP contribution in [0.5, 0.6) is 0 Å². The minimum atomic E-state index is 0. The molecule has 24 heavy (non-hydrogen) atoms. The number of likely N-dealkylation sites (tertiary alicyclic amines) is 1. The van der Waals surface area contributed by atoms with Crippen LogP contribution in [0.2, 0.25) is 0 Å². The lowest BCUT2D eigenvalue weighted by Gasteiger charge is -2.39. The Morgan fingerprint density at radius 1 is 1.33 bits per heavy atom. The molecule has 1 aromatic heterocycles. The van der Waals surface area contributed by atoms with Gasteiger partial charge in [-0.3, -0.25) is 9.69 Å². The number of amides is 1. The van der Waals surface area contributed by atoms with E-state index in [-0.39, 0.29) is 24.4 Å². The van der Waals surface area contributed by atoms with Gasteiger partial charge in [-0.25, -0.2) is 4.98 Å². The predicted molar refractivity (Wildman–Crippen MR) is 97.2 cm³/mol. The molecular weight excluding hydrogens is 326 g/mol. The fraction of sp³-hybridized carbons (Fsp3) is 0.765. The van der Waals surface area contributed by atoms with Crippen molar-refractivity contribution >= 4 is 18.3 Å². The zero-order valence-electron chi connectivity index (χ0n) is 14.9. The molecular formula is C17H30ClN5O. The number of piperazine rings is 1. The van der Waals surface area contributed by atoms with Gasteiger partial charge in [0, 0.05) is 52.2 Å². The first-order valence-electron chi connectivity index (χ1n) is 8.74. The molecule has 2 fully saturated rings. The van der Waals surface area contributed by atoms with Gasteiger partial charge in [0.25, 0.3) is 0 Å². The molecule has 3 heterocycles. The molecule has 2 aliphatic rings. The molecule has 1 amide bonds. The summed E-state index contributed by atoms with van der Waals surface area (Å²) in [5.74, 6) is 2.52. The molecule has 6 nitrogen and oxygen atoms in total. The lowest BCUT2D eigenvalue weighted by molar-refractivity contribution is -0.136. The van der Waals surface area contributed by atoms with Crippen molar-refractivity contribution in [3.63, 3.8) is 0 Å². The zero-order chi connectivity index (χ0) is 16.4. The number of carbonyl (C=O) groups is 1. The zero-order valence-corrected chi connectivity index (χ0v) is 15.8. The third kappa shape index (κ3) is 4.29. The number of halogens is 1. The topological polar surface area (TPSA) is 53.4 Å². The highest BCUT2D eigenvalue weighted by molar-refractivity contribution is 5.85. The van der Waals surface area contributed by atoms with Crippen LogP contribution >= 0.6 is 12.4 Å². The van der Waals surface area contributed by atoms with Gasteiger partial charge in [-0.2, -0.15) is 0 Å². The van der Waals surface area contributed by atoms with Crippen LogP contribution in [0.1, 0.15) is 32.1 Å². The van der Waals surface area contributed by atoms with Crippen LogP contribution in [0.3, 0.4) is 0 Å². The summed E-state index contributed by atoms with van der Waals surface area (Å²) < 4.78 is 2.06. The van der Waals surface area contributed by atoms with E-state index >= 15 is 0 Å². The van der Waals surface area contributed by atoms with Crippen molar-refractivity contribution in [3.8, 4) is 0 Å². The number of aryl methyl sites for hydroxylation is 1. The molecule has 3 rings (SSSR count). The second kappa shape index (κ2) is 8.32. The van der Waals surface area contributed by atoms with E-state index in [2.05, 4.69) is 38.5 Å². The number of imidazole rings is 1. The summed E-state index contributed by atoms with van der Waals surface area (Å²) >= 11 is 0. The van der Waals surface area contributed by atoms with E-state index in [0.29, 0.717) is 18.4 Å². The van der Waals surface area contributed by atoms with Crippen LogP contribution in [-0.2, 0) is 11.8 Å². The lowest BCUT2D eigenvalue weighted by Crippen LogP contribution is -2.52. The Bertz CT molecular complexity index is 539. The molecule has 0 bridgehead atoms. The fourth-order valence-electron chi connectivity index (χ4n) is 4.03. The van der Waals surface area contributed by atoms with Gasteiger partial charge in [-0.1, -0.05) is 13.8 Å². The summed E-state index contributed by atoms with van der Waals surface area (Å²) in [6, 6.07) is 0.173. The number of nitrogens with one attached hydrogen (secondary N) is 1. The van der Waals surface area contributed by atoms with E-state index in [1.54, 1.807) is 0 Å². The summed E-state index contributed by atoms with van der Waals surface area (Å²) in [7, 11) is 2.02. The first-order valence-corrected chi connectivity index (χ1v) is 8.74. The third-order valence-corrected chi connectivity index (χ3v) is 5.07. The van der Waals surface area contributed by atoms with E-state index in [4.69, 9.17) is 0 Å². The van der Waals surface area contributed by atoms with Gasteiger partial charge in [0.05, 0.1) is 12.6 Å². The first-order chi connectivity index (χ1) is 11.0. The molecule has 7 heteroatoms. The Morgan fingerprint density at radius 3 is 2.67 bits per heavy atom. The molecule has 3 atom stereocenters. The quantitative estimate of drug-likeness (QED) is 0.887. The molecule has 3 unspecified atom stereocenters. The molecule has 2 aliphatic heterocycles. The standard InChI is InChI=1S/C17H29N5O.ClH/c1-13-8-14(2)11-22(10-13)16(23)12-21-7-4-18-9-15(21)17-19-5-6-20(17)3;/h5-6,13-15,18H,4,7-12H2,1-3H3;1H. The normalized spacial score (nSPS) is 28.5. The molecule has 136 valence electrons. The molecule has 0 radical (unpaired) electrons. The van der Waals surface area contributed by atoms with Crippen molar-refractivity contribution in [2.75, 3.05) is 39.3 Å². The van der Waals surface area contributed by atoms with E-state index < -0.39 is 0 Å². The fourth-order valence-corrected chi connectivity index (χ4v) is 4.03. The van der Waals surface area contributed by atoms with Gasteiger partial charge < -0.3 is 14.8 Å². The number of carbonyl (C=O) groups excluding carboxylic acids is 1. The highest BCUT2D eigenvalue weighted by atomic mass is 35.5. The number of hydrogen-bond acceptors (Lipinski definition) is 4. The van der Waals surface area contributed by atoms with Crippen LogP contribution in [-0.4, -0.2) is 64.5 Å². The molecule has 1 aromatic rings. The van der Waals surface area contributed by atoms with Crippen molar-refractivity contribution in [2.24, 2.45) is 18.9 Å². The average Bonchev–Trinajstić information content (AvgIpc) is 2.93. The van der Waals surface area contributed by atoms with Gasteiger partial charge in [-0.05, 0) is 18.3 Å². The minimum absolute atomic E-state index is 0. The van der Waals surface area contributed by atoms with Gasteiger partial charge >= 0.3 is 0 Å². The van der Waals surface area contributed by atoms with Crippen molar-refractivity contribution in [1.82, 2.24) is 24.7 Å². The highest BCUT2D eigenvalue weighted by Crippen LogP contribution is 2.23. The Hall–Kier alpha value is -1.11. The maximum atomic E-state index is 12.8. The van der Waals surface area contributed by atoms with Crippen LogP contribution in [0.25, 0.3) is 0 Å². The van der Waals surface area contributed by atoms with Crippen LogP contribution in [0, 0.1) is 11.8 Å². The van der Waals surface area contributed by atoms with Gasteiger partial charge in [-0.15, -0.1) is 12.4 Å². The second-order valence-electron chi connectivity index (χ2n) is 7.33. The van der Waals surface area contributed by atoms with Gasteiger partial charge in [0.2, 0.25) is 5.91 Å². The van der Waals surface area contributed by atoms with Gasteiger partial charge in [0.15, 0.2) is 0 Å². The molecule has 0 aliphatic carbocycles. The van der Waals surface area contributed by atoms with E-state index in [1.165, 1.54) is 6.42 Å². The molecule has 0 saturated carbocycles. The van der Waals surface area contributed by atoms with Gasteiger partial charge in [0.1, 0.15) is 5.82 Å². The average molecular weight is 356 g/mol. The summed E-state index contributed by atoms with van der Waals surface area (Å²) in [5.41, 5.74) is 0. The highest BCUT2D eigenvalue weighted by Gasteiger charge is 2.31. The number of nitrogens with zero attached hydrogens (tertiary/aromatic N) is 4. The predicted octanol–water partition coefficient (Wildman–Crippen LogP) is 1.29. The summed E-state index contributed by atoms with van der Waals surface area (Å²) in [4.78, 5) is 21.6. The maximum absolute atomic E-state index is 12.8. The SMILES string of the molecule is CC1CC(C)CN(C(=O)CN2CCNCC2c2nccn2C)C1.Cl. The second-order valence-corrected chi connectivity index (χ2v) is 7.33. The molecule has 0 aromatic carbocycles. The Balaban J connectivity index is 0.00000208. The summed E-state index contributed by atoms with van der Waals surface area (Å²) in [6.45, 7) is 9.48. The molecule has 2 saturated heterocycles. The van der Waals surface area contributed by atoms with E-state index in [1.807, 2.05) is 19.4 Å². The first kappa shape index (κ1) is 19.2. The maximum Gasteiger partial charge on any atom is 0.236 e. The minimum Gasteiger partial charge on any atom is -0.341 e. The van der Waals surface area contributed by atoms with Crippen molar-refractivity contribution in [1.29, 1.82) is 0 Å². The number of piperidine rings is 1. The van der Waals surface area contributed by atoms with E-state index in [9.17, 15) is 4.79 Å². The smallest absolute Gasteiger partial charge is 0.236 e. The van der Waals surface area contributed by atoms with Crippen LogP contribution in [0.4, 0.5) is 0 Å². The number of rotatable bonds is 3. The third-order valence-electron chi connectivity index (χ3n) is 5.07. The van der Waals surface area contributed by atoms with Crippen LogP contribution in [0.15, 0.2) is 12.4 Å². The Kier molecular flexibility index (Phi) is 6.66. The summed E-state index contributed by atoms with van der Waals surface area (Å²) in [5, 5.41) is 3.43. The van der Waals surface area contributed by atoms with Crippen molar-refractivity contribution in [3.05, 3.63) is 18.2 Å². The van der Waals surface area contributed by atoms with Crippen molar-refractivity contribution in [2.45, 2.75) is 26.3 Å². The van der Waals surface area contributed by atoms with Crippen LogP contribution < -0.4 is 5.32 Å². The Labute approximate surface area is 151 Å². The molecule has 0 spiro atoms.